The van der Waals surface area contributed by atoms with Gasteiger partial charge in [-0.3, -0.25) is 4.90 Å². The minimum atomic E-state index is 0.279. The smallest absolute Gasteiger partial charge is 0.0931 e. The predicted octanol–water partition coefficient (Wildman–Crippen LogP) is 2.65. The zero-order valence-electron chi connectivity index (χ0n) is 8.28. The van der Waals surface area contributed by atoms with Gasteiger partial charge in [-0.15, -0.1) is 11.3 Å². The summed E-state index contributed by atoms with van der Waals surface area (Å²) in [5.41, 5.74) is 5.71. The van der Waals surface area contributed by atoms with Gasteiger partial charge in [0.25, 0.3) is 0 Å². The Hall–Kier alpha value is -0.160. The molecule has 2 N–H and O–H groups in total. The molecule has 1 aliphatic rings. The average molecular weight is 261 g/mol. The van der Waals surface area contributed by atoms with Crippen LogP contribution in [0.2, 0.25) is 4.34 Å². The third-order valence-electron chi connectivity index (χ3n) is 2.68. The van der Waals surface area contributed by atoms with Gasteiger partial charge in [0.2, 0.25) is 0 Å². The molecule has 0 radical (unpaired) electrons. The van der Waals surface area contributed by atoms with Crippen molar-refractivity contribution in [3.05, 3.63) is 21.3 Å². The third kappa shape index (κ3) is 2.69. The van der Waals surface area contributed by atoms with Crippen LogP contribution >= 0.6 is 35.2 Å². The molecule has 1 atom stereocenters. The molecular formula is C10H13ClN2S2. The molecule has 0 saturated carbocycles. The van der Waals surface area contributed by atoms with E-state index in [0.717, 1.165) is 23.8 Å². The molecule has 0 bridgehead atoms. The van der Waals surface area contributed by atoms with Crippen LogP contribution in [0.5, 0.6) is 0 Å². The van der Waals surface area contributed by atoms with E-state index < -0.39 is 0 Å². The number of halogens is 1. The van der Waals surface area contributed by atoms with Crippen LogP contribution in [0.1, 0.15) is 17.7 Å². The van der Waals surface area contributed by atoms with E-state index in [1.807, 2.05) is 6.07 Å². The molecule has 1 saturated heterocycles. The first-order valence-electron chi connectivity index (χ1n) is 4.94. The highest BCUT2D eigenvalue weighted by molar-refractivity contribution is 7.80. The molecule has 2 rings (SSSR count). The van der Waals surface area contributed by atoms with Gasteiger partial charge in [-0.2, -0.15) is 0 Å². The Morgan fingerprint density at radius 1 is 1.67 bits per heavy atom. The first-order chi connectivity index (χ1) is 7.16. The second-order valence-corrected chi connectivity index (χ2v) is 6.01. The number of nitrogens with zero attached hydrogens (tertiary/aromatic N) is 1. The van der Waals surface area contributed by atoms with Crippen LogP contribution in [0.25, 0.3) is 0 Å². The van der Waals surface area contributed by atoms with Gasteiger partial charge in [-0.05, 0) is 31.5 Å². The van der Waals surface area contributed by atoms with E-state index in [1.54, 1.807) is 11.3 Å². The summed E-state index contributed by atoms with van der Waals surface area (Å²) in [6.45, 7) is 2.00. The number of rotatable bonds is 3. The van der Waals surface area contributed by atoms with E-state index in [1.165, 1.54) is 11.3 Å². The molecule has 2 heterocycles. The van der Waals surface area contributed by atoms with Crippen molar-refractivity contribution in [1.29, 1.82) is 0 Å². The van der Waals surface area contributed by atoms with Gasteiger partial charge in [-0.25, -0.2) is 0 Å². The highest BCUT2D eigenvalue weighted by Crippen LogP contribution is 2.26. The summed E-state index contributed by atoms with van der Waals surface area (Å²) in [4.78, 5) is 4.24. The number of likely N-dealkylation sites (tertiary alicyclic amines) is 1. The normalized spacial score (nSPS) is 22.1. The van der Waals surface area contributed by atoms with E-state index >= 15 is 0 Å². The average Bonchev–Trinajstić information content (AvgIpc) is 2.75. The summed E-state index contributed by atoms with van der Waals surface area (Å²) in [7, 11) is 0. The van der Waals surface area contributed by atoms with Crippen molar-refractivity contribution in [3.63, 3.8) is 0 Å². The second-order valence-electron chi connectivity index (χ2n) is 3.74. The monoisotopic (exact) mass is 260 g/mol. The number of thiophene rings is 1. The Labute approximate surface area is 104 Å². The van der Waals surface area contributed by atoms with Crippen molar-refractivity contribution in [2.45, 2.75) is 25.4 Å². The lowest BCUT2D eigenvalue weighted by Gasteiger charge is -2.22. The van der Waals surface area contributed by atoms with E-state index in [2.05, 4.69) is 11.0 Å². The Morgan fingerprint density at radius 2 is 2.47 bits per heavy atom. The zero-order valence-corrected chi connectivity index (χ0v) is 10.7. The van der Waals surface area contributed by atoms with Gasteiger partial charge < -0.3 is 5.73 Å². The fraction of sp³-hybridized carbons (Fsp3) is 0.500. The van der Waals surface area contributed by atoms with Crippen LogP contribution in [0, 0.1) is 0 Å². The SMILES string of the molecule is NC(=S)C1CCCN1Cc1ccc(Cl)s1. The van der Waals surface area contributed by atoms with Gasteiger partial charge in [0.15, 0.2) is 0 Å². The minimum Gasteiger partial charge on any atom is -0.392 e. The molecule has 82 valence electrons. The summed E-state index contributed by atoms with van der Waals surface area (Å²) in [5.74, 6) is 0. The van der Waals surface area contributed by atoms with Crippen molar-refractivity contribution >= 4 is 40.1 Å². The molecule has 1 aliphatic heterocycles. The van der Waals surface area contributed by atoms with E-state index in [0.29, 0.717) is 4.99 Å². The number of nitrogens with two attached hydrogens (primary N) is 1. The first-order valence-corrected chi connectivity index (χ1v) is 6.54. The molecule has 0 amide bonds. The Bertz CT molecular complexity index is 364. The van der Waals surface area contributed by atoms with Crippen LogP contribution in [0.15, 0.2) is 12.1 Å². The van der Waals surface area contributed by atoms with E-state index in [9.17, 15) is 0 Å². The highest BCUT2D eigenvalue weighted by Gasteiger charge is 2.26. The molecule has 1 fully saturated rings. The molecule has 5 heteroatoms. The minimum absolute atomic E-state index is 0.279. The molecule has 0 aromatic carbocycles. The maximum Gasteiger partial charge on any atom is 0.0931 e. The molecular weight excluding hydrogens is 248 g/mol. The largest absolute Gasteiger partial charge is 0.392 e. The highest BCUT2D eigenvalue weighted by atomic mass is 35.5. The molecule has 2 nitrogen and oxygen atoms in total. The van der Waals surface area contributed by atoms with E-state index in [4.69, 9.17) is 29.6 Å². The quantitative estimate of drug-likeness (QED) is 0.848. The van der Waals surface area contributed by atoms with Crippen molar-refractivity contribution in [2.24, 2.45) is 5.73 Å². The fourth-order valence-electron chi connectivity index (χ4n) is 1.97. The lowest BCUT2D eigenvalue weighted by atomic mass is 10.2. The van der Waals surface area contributed by atoms with Crippen LogP contribution in [-0.2, 0) is 6.54 Å². The topological polar surface area (TPSA) is 29.3 Å². The molecule has 1 unspecified atom stereocenters. The summed E-state index contributed by atoms with van der Waals surface area (Å²) in [5, 5.41) is 0. The molecule has 0 aliphatic carbocycles. The van der Waals surface area contributed by atoms with Gasteiger partial charge in [0.05, 0.1) is 15.4 Å². The predicted molar refractivity (Wildman–Crippen MR) is 69.5 cm³/mol. The third-order valence-corrected chi connectivity index (χ3v) is 4.17. The first kappa shape index (κ1) is 11.3. The van der Waals surface area contributed by atoms with Crippen LogP contribution in [-0.4, -0.2) is 22.5 Å². The summed E-state index contributed by atoms with van der Waals surface area (Å²) < 4.78 is 0.844. The summed E-state index contributed by atoms with van der Waals surface area (Å²) in [6.07, 6.45) is 2.27. The molecule has 0 spiro atoms. The number of hydrogen-bond donors (Lipinski definition) is 1. The van der Waals surface area contributed by atoms with Crippen LogP contribution in [0.3, 0.4) is 0 Å². The Kier molecular flexibility index (Phi) is 3.61. The van der Waals surface area contributed by atoms with Crippen LogP contribution in [0.4, 0.5) is 0 Å². The van der Waals surface area contributed by atoms with Crippen LogP contribution < -0.4 is 5.73 Å². The Balaban J connectivity index is 2.02. The van der Waals surface area contributed by atoms with Crippen molar-refractivity contribution in [3.8, 4) is 0 Å². The summed E-state index contributed by atoms with van der Waals surface area (Å²) >= 11 is 12.6. The second kappa shape index (κ2) is 4.78. The molecule has 1 aromatic heterocycles. The number of thiocarbonyl (C=S) groups is 1. The van der Waals surface area contributed by atoms with Gasteiger partial charge in [0, 0.05) is 11.4 Å². The lowest BCUT2D eigenvalue weighted by Crippen LogP contribution is -2.38. The van der Waals surface area contributed by atoms with Crippen molar-refractivity contribution in [1.82, 2.24) is 4.90 Å². The van der Waals surface area contributed by atoms with Gasteiger partial charge in [-0.1, -0.05) is 23.8 Å². The number of hydrogen-bond acceptors (Lipinski definition) is 3. The summed E-state index contributed by atoms with van der Waals surface area (Å²) in [6, 6.07) is 4.29. The lowest BCUT2D eigenvalue weighted by molar-refractivity contribution is 0.298. The standard InChI is InChI=1S/C10H13ClN2S2/c11-9-4-3-7(15-9)6-13-5-1-2-8(13)10(12)14/h3-4,8H,1-2,5-6H2,(H2,12,14). The van der Waals surface area contributed by atoms with Gasteiger partial charge in [0.1, 0.15) is 0 Å². The maximum absolute atomic E-state index is 5.89. The van der Waals surface area contributed by atoms with Crippen molar-refractivity contribution in [2.75, 3.05) is 6.54 Å². The fourth-order valence-corrected chi connectivity index (χ4v) is 3.35. The van der Waals surface area contributed by atoms with Gasteiger partial charge >= 0.3 is 0 Å². The molecule has 15 heavy (non-hydrogen) atoms. The Morgan fingerprint density at radius 3 is 3.07 bits per heavy atom. The van der Waals surface area contributed by atoms with E-state index in [-0.39, 0.29) is 6.04 Å². The zero-order chi connectivity index (χ0) is 10.8. The molecule has 1 aromatic rings. The van der Waals surface area contributed by atoms with Crippen molar-refractivity contribution < 1.29 is 0 Å². The maximum atomic E-state index is 5.89.